The van der Waals surface area contributed by atoms with Gasteiger partial charge in [0, 0.05) is 5.33 Å². The van der Waals surface area contributed by atoms with Crippen LogP contribution in [-0.4, -0.2) is 18.4 Å². The third-order valence-corrected chi connectivity index (χ3v) is 4.45. The molecule has 122 valence electrons. The molecule has 0 fully saturated rings. The van der Waals surface area contributed by atoms with Crippen LogP contribution >= 0.6 is 15.9 Å². The van der Waals surface area contributed by atoms with E-state index in [1.54, 1.807) is 24.3 Å². The highest BCUT2D eigenvalue weighted by molar-refractivity contribution is 9.09. The summed E-state index contributed by atoms with van der Waals surface area (Å²) in [6.45, 7) is 0. The molecule has 0 aliphatic rings. The van der Waals surface area contributed by atoms with Crippen LogP contribution in [0, 0.1) is 11.6 Å². The third kappa shape index (κ3) is 3.61. The summed E-state index contributed by atoms with van der Waals surface area (Å²) in [4.78, 5) is 12.7. The number of alkyl halides is 1. The third-order valence-electron chi connectivity index (χ3n) is 3.89. The van der Waals surface area contributed by atoms with Gasteiger partial charge in [0.15, 0.2) is 0 Å². The number of hydrogen-bond acceptors (Lipinski definition) is 2. The quantitative estimate of drug-likeness (QED) is 0.539. The van der Waals surface area contributed by atoms with Crippen molar-refractivity contribution in [3.8, 4) is 0 Å². The minimum absolute atomic E-state index is 0.382. The van der Waals surface area contributed by atoms with E-state index in [4.69, 9.17) is 4.74 Å². The molecule has 0 saturated heterocycles. The molecule has 0 unspecified atom stereocenters. The van der Waals surface area contributed by atoms with Gasteiger partial charge in [0.2, 0.25) is 0 Å². The highest BCUT2D eigenvalue weighted by Gasteiger charge is 2.42. The first kappa shape index (κ1) is 17.6. The Morgan fingerprint density at radius 1 is 1.00 bits per heavy atom. The molecule has 0 heterocycles. The maximum atomic E-state index is 13.3. The van der Waals surface area contributed by atoms with Crippen molar-refractivity contribution in [2.24, 2.45) is 0 Å². The SMILES string of the molecule is COC(=O)C(CCCBr)(c1ccc(F)cc1)c1ccc(F)cc1. The van der Waals surface area contributed by atoms with Crippen LogP contribution in [0.15, 0.2) is 48.5 Å². The maximum Gasteiger partial charge on any atom is 0.320 e. The van der Waals surface area contributed by atoms with E-state index < -0.39 is 11.4 Å². The van der Waals surface area contributed by atoms with Crippen molar-refractivity contribution in [2.45, 2.75) is 18.3 Å². The fourth-order valence-corrected chi connectivity index (χ4v) is 3.05. The molecule has 5 heteroatoms. The standard InChI is InChI=1S/C18H17BrF2O2/c1-23-17(22)18(11-2-12-19,13-3-7-15(20)8-4-13)14-5-9-16(21)10-6-14/h3-10H,2,11-12H2,1H3. The molecule has 0 spiro atoms. The predicted molar refractivity (Wildman–Crippen MR) is 88.6 cm³/mol. The zero-order valence-electron chi connectivity index (χ0n) is 12.7. The van der Waals surface area contributed by atoms with Gasteiger partial charge in [0.1, 0.15) is 17.0 Å². The molecule has 0 radical (unpaired) electrons. The van der Waals surface area contributed by atoms with Crippen LogP contribution in [0.4, 0.5) is 8.78 Å². The zero-order valence-corrected chi connectivity index (χ0v) is 14.3. The number of benzene rings is 2. The van der Waals surface area contributed by atoms with Gasteiger partial charge < -0.3 is 4.74 Å². The van der Waals surface area contributed by atoms with Crippen LogP contribution in [0.2, 0.25) is 0 Å². The summed E-state index contributed by atoms with van der Waals surface area (Å²) >= 11 is 3.37. The van der Waals surface area contributed by atoms with Crippen LogP contribution in [0.1, 0.15) is 24.0 Å². The molecule has 0 aliphatic heterocycles. The first-order valence-corrected chi connectivity index (χ1v) is 8.33. The van der Waals surface area contributed by atoms with E-state index in [9.17, 15) is 13.6 Å². The number of rotatable bonds is 6. The van der Waals surface area contributed by atoms with Crippen LogP contribution in [-0.2, 0) is 14.9 Å². The zero-order chi connectivity index (χ0) is 16.9. The fraction of sp³-hybridized carbons (Fsp3) is 0.278. The number of methoxy groups -OCH3 is 1. The van der Waals surface area contributed by atoms with E-state index in [1.807, 2.05) is 0 Å². The highest BCUT2D eigenvalue weighted by Crippen LogP contribution is 2.38. The minimum atomic E-state index is -1.09. The van der Waals surface area contributed by atoms with Gasteiger partial charge in [0.05, 0.1) is 7.11 Å². The van der Waals surface area contributed by atoms with Crippen LogP contribution in [0.25, 0.3) is 0 Å². The Bertz CT molecular complexity index is 608. The van der Waals surface area contributed by atoms with Crippen molar-refractivity contribution in [1.82, 2.24) is 0 Å². The summed E-state index contributed by atoms with van der Waals surface area (Å²) in [5.41, 5.74) is 0.154. The van der Waals surface area contributed by atoms with Gasteiger partial charge in [-0.25, -0.2) is 8.78 Å². The van der Waals surface area contributed by atoms with E-state index in [0.29, 0.717) is 29.3 Å². The molecule has 0 atom stereocenters. The smallest absolute Gasteiger partial charge is 0.320 e. The second-order valence-electron chi connectivity index (χ2n) is 5.20. The van der Waals surface area contributed by atoms with Crippen LogP contribution in [0.3, 0.4) is 0 Å². The summed E-state index contributed by atoms with van der Waals surface area (Å²) in [7, 11) is 1.32. The number of hydrogen-bond donors (Lipinski definition) is 0. The second-order valence-corrected chi connectivity index (χ2v) is 6.00. The highest BCUT2D eigenvalue weighted by atomic mass is 79.9. The Labute approximate surface area is 142 Å². The molecule has 0 N–H and O–H groups in total. The van der Waals surface area contributed by atoms with Crippen molar-refractivity contribution in [1.29, 1.82) is 0 Å². The molecule has 23 heavy (non-hydrogen) atoms. The summed E-state index contributed by atoms with van der Waals surface area (Å²) in [5, 5.41) is 0.703. The molecule has 0 aromatic heterocycles. The molecular formula is C18H17BrF2O2. The summed E-state index contributed by atoms with van der Waals surface area (Å²) < 4.78 is 31.6. The first-order chi connectivity index (χ1) is 11.0. The average molecular weight is 383 g/mol. The van der Waals surface area contributed by atoms with E-state index in [2.05, 4.69) is 15.9 Å². The number of carbonyl (C=O) groups is 1. The Kier molecular flexibility index (Phi) is 5.88. The lowest BCUT2D eigenvalue weighted by Crippen LogP contribution is -2.38. The van der Waals surface area contributed by atoms with E-state index in [1.165, 1.54) is 31.4 Å². The normalized spacial score (nSPS) is 11.3. The van der Waals surface area contributed by atoms with Gasteiger partial charge in [-0.15, -0.1) is 0 Å². The van der Waals surface area contributed by atoms with Gasteiger partial charge >= 0.3 is 5.97 Å². The van der Waals surface area contributed by atoms with E-state index >= 15 is 0 Å². The molecule has 2 rings (SSSR count). The maximum absolute atomic E-state index is 13.3. The molecule has 0 bridgehead atoms. The Balaban J connectivity index is 2.65. The lowest BCUT2D eigenvalue weighted by Gasteiger charge is -2.32. The lowest BCUT2D eigenvalue weighted by molar-refractivity contribution is -0.146. The number of halogens is 3. The molecule has 0 aliphatic carbocycles. The average Bonchev–Trinajstić information content (AvgIpc) is 2.57. The Hall–Kier alpha value is -1.75. The number of carbonyl (C=O) groups excluding carboxylic acids is 1. The summed E-state index contributed by atoms with van der Waals surface area (Å²) in [6.07, 6.45) is 1.16. The molecular weight excluding hydrogens is 366 g/mol. The van der Waals surface area contributed by atoms with Crippen molar-refractivity contribution in [3.63, 3.8) is 0 Å². The molecule has 2 aromatic rings. The summed E-state index contributed by atoms with van der Waals surface area (Å²) in [6, 6.07) is 11.5. The topological polar surface area (TPSA) is 26.3 Å². The van der Waals surface area contributed by atoms with Gasteiger partial charge in [-0.2, -0.15) is 0 Å². The van der Waals surface area contributed by atoms with Crippen LogP contribution < -0.4 is 0 Å². The van der Waals surface area contributed by atoms with Gasteiger partial charge in [-0.05, 0) is 48.2 Å². The second kappa shape index (κ2) is 7.68. The Morgan fingerprint density at radius 2 is 1.43 bits per heavy atom. The molecule has 0 saturated carbocycles. The van der Waals surface area contributed by atoms with E-state index in [-0.39, 0.29) is 11.6 Å². The fourth-order valence-electron chi connectivity index (χ4n) is 2.77. The van der Waals surface area contributed by atoms with Crippen LogP contribution in [0.5, 0.6) is 0 Å². The van der Waals surface area contributed by atoms with Crippen molar-refractivity contribution in [2.75, 3.05) is 12.4 Å². The number of ether oxygens (including phenoxy) is 1. The minimum Gasteiger partial charge on any atom is -0.468 e. The molecule has 2 nitrogen and oxygen atoms in total. The summed E-state index contributed by atoms with van der Waals surface area (Å²) in [5.74, 6) is -1.21. The lowest BCUT2D eigenvalue weighted by atomic mass is 9.71. The van der Waals surface area contributed by atoms with Crippen molar-refractivity contribution < 1.29 is 18.3 Å². The molecule has 2 aromatic carbocycles. The van der Waals surface area contributed by atoms with Crippen molar-refractivity contribution >= 4 is 21.9 Å². The Morgan fingerprint density at radius 3 is 1.78 bits per heavy atom. The van der Waals surface area contributed by atoms with Gasteiger partial charge in [0.25, 0.3) is 0 Å². The predicted octanol–water partition coefficient (Wildman–Crippen LogP) is 4.60. The largest absolute Gasteiger partial charge is 0.468 e. The van der Waals surface area contributed by atoms with Gasteiger partial charge in [-0.1, -0.05) is 40.2 Å². The van der Waals surface area contributed by atoms with E-state index in [0.717, 1.165) is 0 Å². The number of esters is 1. The van der Waals surface area contributed by atoms with Crippen molar-refractivity contribution in [3.05, 3.63) is 71.3 Å². The first-order valence-electron chi connectivity index (χ1n) is 7.21. The monoisotopic (exact) mass is 382 g/mol. The van der Waals surface area contributed by atoms with Gasteiger partial charge in [-0.3, -0.25) is 4.79 Å². The molecule has 0 amide bonds.